The van der Waals surface area contributed by atoms with Gasteiger partial charge in [-0.2, -0.15) is 13.2 Å². The molecule has 0 aliphatic heterocycles. The summed E-state index contributed by atoms with van der Waals surface area (Å²) < 4.78 is 51.8. The highest BCUT2D eigenvalue weighted by Gasteiger charge is 2.31. The summed E-state index contributed by atoms with van der Waals surface area (Å²) in [6.07, 6.45) is -4.01. The molecule has 0 spiro atoms. The lowest BCUT2D eigenvalue weighted by atomic mass is 9.98. The Bertz CT molecular complexity index is 1150. The average molecular weight is 496 g/mol. The van der Waals surface area contributed by atoms with E-state index >= 15 is 0 Å². The summed E-state index contributed by atoms with van der Waals surface area (Å²) in [4.78, 5) is 25.3. The molecule has 0 aliphatic carbocycles. The van der Waals surface area contributed by atoms with Gasteiger partial charge in [0.25, 0.3) is 0 Å². The zero-order valence-corrected chi connectivity index (χ0v) is 18.9. The molecular formula is C22H21F4N5O2S. The molecule has 3 N–H and O–H groups in total. The second-order valence-electron chi connectivity index (χ2n) is 7.45. The van der Waals surface area contributed by atoms with E-state index in [9.17, 15) is 27.2 Å². The van der Waals surface area contributed by atoms with E-state index in [0.29, 0.717) is 17.0 Å². The number of nitrogens with zero attached hydrogens (tertiary/aromatic N) is 2. The van der Waals surface area contributed by atoms with Gasteiger partial charge < -0.3 is 10.6 Å². The molecule has 12 heteroatoms. The molecule has 1 heterocycles. The number of amides is 3. The molecule has 3 rings (SSSR count). The summed E-state index contributed by atoms with van der Waals surface area (Å²) in [5.74, 6) is -1.25. The van der Waals surface area contributed by atoms with Gasteiger partial charge >= 0.3 is 12.2 Å². The van der Waals surface area contributed by atoms with Crippen LogP contribution in [0.3, 0.4) is 0 Å². The Balaban J connectivity index is 1.68. The topological polar surface area (TPSA) is 96.0 Å². The van der Waals surface area contributed by atoms with Gasteiger partial charge in [0.05, 0.1) is 5.56 Å². The zero-order chi connectivity index (χ0) is 24.9. The van der Waals surface area contributed by atoms with E-state index in [0.717, 1.165) is 23.5 Å². The summed E-state index contributed by atoms with van der Waals surface area (Å²) in [5.41, 5.74) is -0.352. The molecule has 0 saturated heterocycles. The predicted molar refractivity (Wildman–Crippen MR) is 121 cm³/mol. The monoisotopic (exact) mass is 495 g/mol. The number of carbonyl (C=O) groups excluding carboxylic acids is 2. The van der Waals surface area contributed by atoms with Crippen LogP contribution in [-0.2, 0) is 11.0 Å². The molecule has 180 valence electrons. The average Bonchev–Trinajstić information content (AvgIpc) is 3.25. The van der Waals surface area contributed by atoms with Crippen molar-refractivity contribution in [3.63, 3.8) is 0 Å². The fourth-order valence-corrected chi connectivity index (χ4v) is 3.70. The maximum absolute atomic E-state index is 13.1. The lowest BCUT2D eigenvalue weighted by Crippen LogP contribution is -2.49. The minimum atomic E-state index is -4.55. The van der Waals surface area contributed by atoms with E-state index in [4.69, 9.17) is 0 Å². The quantitative estimate of drug-likeness (QED) is 0.375. The van der Waals surface area contributed by atoms with Crippen LogP contribution in [0, 0.1) is 11.7 Å². The van der Waals surface area contributed by atoms with Gasteiger partial charge in [-0.15, -0.1) is 10.2 Å². The van der Waals surface area contributed by atoms with Crippen LogP contribution in [0.4, 0.5) is 33.2 Å². The molecule has 2 atom stereocenters. The van der Waals surface area contributed by atoms with Gasteiger partial charge in [-0.25, -0.2) is 9.18 Å². The molecule has 2 unspecified atom stereocenters. The van der Waals surface area contributed by atoms with E-state index in [2.05, 4.69) is 26.1 Å². The fourth-order valence-electron chi connectivity index (χ4n) is 2.95. The van der Waals surface area contributed by atoms with Crippen molar-refractivity contribution in [2.75, 3.05) is 10.6 Å². The highest BCUT2D eigenvalue weighted by molar-refractivity contribution is 7.18. The zero-order valence-electron chi connectivity index (χ0n) is 18.1. The minimum Gasteiger partial charge on any atom is -0.326 e. The van der Waals surface area contributed by atoms with Gasteiger partial charge in [0.1, 0.15) is 16.9 Å². The number of hydrogen-bond acceptors (Lipinski definition) is 5. The number of nitrogens with one attached hydrogen (secondary N) is 3. The first kappa shape index (κ1) is 25.1. The lowest BCUT2D eigenvalue weighted by molar-refractivity contribution is -0.137. The van der Waals surface area contributed by atoms with Crippen molar-refractivity contribution in [1.29, 1.82) is 0 Å². The first-order valence-corrected chi connectivity index (χ1v) is 11.0. The minimum absolute atomic E-state index is 0.0660. The highest BCUT2D eigenvalue weighted by atomic mass is 32.1. The third kappa shape index (κ3) is 6.50. The number of anilines is 2. The number of aromatic nitrogens is 2. The smallest absolute Gasteiger partial charge is 0.326 e. The number of urea groups is 1. The van der Waals surface area contributed by atoms with E-state index < -0.39 is 35.5 Å². The molecular weight excluding hydrogens is 474 g/mol. The molecule has 0 aliphatic rings. The Kier molecular flexibility index (Phi) is 7.82. The van der Waals surface area contributed by atoms with E-state index in [1.165, 1.54) is 36.4 Å². The van der Waals surface area contributed by atoms with Crippen LogP contribution in [0.5, 0.6) is 0 Å². The van der Waals surface area contributed by atoms with Crippen molar-refractivity contribution in [2.24, 2.45) is 5.92 Å². The highest BCUT2D eigenvalue weighted by Crippen LogP contribution is 2.31. The van der Waals surface area contributed by atoms with Crippen molar-refractivity contribution >= 4 is 34.1 Å². The summed E-state index contributed by atoms with van der Waals surface area (Å²) >= 11 is 1.07. The van der Waals surface area contributed by atoms with Crippen LogP contribution in [0.1, 0.15) is 25.8 Å². The maximum atomic E-state index is 13.1. The second-order valence-corrected chi connectivity index (χ2v) is 8.43. The largest absolute Gasteiger partial charge is 0.416 e. The number of carbonyl (C=O) groups is 2. The van der Waals surface area contributed by atoms with Crippen molar-refractivity contribution < 1.29 is 27.2 Å². The van der Waals surface area contributed by atoms with Crippen LogP contribution in [0.2, 0.25) is 0 Å². The van der Waals surface area contributed by atoms with Gasteiger partial charge in [0.2, 0.25) is 11.0 Å². The molecule has 7 nitrogen and oxygen atoms in total. The summed E-state index contributed by atoms with van der Waals surface area (Å²) in [5, 5.41) is 16.0. The van der Waals surface area contributed by atoms with Gasteiger partial charge in [-0.3, -0.25) is 10.1 Å². The Hall–Kier alpha value is -3.54. The first-order chi connectivity index (χ1) is 16.1. The molecule has 0 bridgehead atoms. The van der Waals surface area contributed by atoms with Crippen molar-refractivity contribution in [3.8, 4) is 10.6 Å². The first-order valence-electron chi connectivity index (χ1n) is 10.2. The van der Waals surface area contributed by atoms with Gasteiger partial charge in [-0.1, -0.05) is 37.7 Å². The summed E-state index contributed by atoms with van der Waals surface area (Å²) in [7, 11) is 0. The number of hydrogen-bond donors (Lipinski definition) is 3. The van der Waals surface area contributed by atoms with Gasteiger partial charge in [0, 0.05) is 11.3 Å². The molecule has 34 heavy (non-hydrogen) atoms. The fraction of sp³-hybridized carbons (Fsp3) is 0.273. The Labute approximate surface area is 196 Å². The molecule has 0 fully saturated rings. The lowest BCUT2D eigenvalue weighted by Gasteiger charge is -2.23. The summed E-state index contributed by atoms with van der Waals surface area (Å²) in [6, 6.07) is 7.97. The molecule has 0 radical (unpaired) electrons. The van der Waals surface area contributed by atoms with Crippen LogP contribution >= 0.6 is 11.3 Å². The molecule has 0 saturated carbocycles. The standard InChI is InChI=1S/C22H21F4N5O2S/c1-3-12(2)17(28-20(33)27-16-6-4-5-14(11-16)22(24,25)26)18(32)29-21-31-30-19(34-21)13-7-9-15(23)10-8-13/h4-12,17H,3H2,1-2H3,(H2,27,28,33)(H,29,31,32). The second kappa shape index (κ2) is 10.6. The maximum Gasteiger partial charge on any atom is 0.416 e. The van der Waals surface area contributed by atoms with E-state index in [1.807, 2.05) is 6.92 Å². The number of rotatable bonds is 7. The van der Waals surface area contributed by atoms with Crippen LogP contribution in [0.15, 0.2) is 48.5 Å². The third-order valence-corrected chi connectivity index (χ3v) is 5.86. The van der Waals surface area contributed by atoms with Crippen molar-refractivity contribution in [2.45, 2.75) is 32.5 Å². The number of alkyl halides is 3. The van der Waals surface area contributed by atoms with Crippen molar-refractivity contribution in [1.82, 2.24) is 15.5 Å². The van der Waals surface area contributed by atoms with Gasteiger partial charge in [-0.05, 0) is 48.4 Å². The number of benzene rings is 2. The van der Waals surface area contributed by atoms with Crippen molar-refractivity contribution in [3.05, 3.63) is 59.9 Å². The normalized spacial score (nSPS) is 13.1. The van der Waals surface area contributed by atoms with E-state index in [1.54, 1.807) is 6.92 Å². The predicted octanol–water partition coefficient (Wildman–Crippen LogP) is 5.54. The SMILES string of the molecule is CCC(C)C(NC(=O)Nc1cccc(C(F)(F)F)c1)C(=O)Nc1nnc(-c2ccc(F)cc2)s1. The Morgan fingerprint density at radius 3 is 2.41 bits per heavy atom. The van der Waals surface area contributed by atoms with Crippen LogP contribution in [0.25, 0.3) is 10.6 Å². The van der Waals surface area contributed by atoms with Crippen LogP contribution < -0.4 is 16.0 Å². The molecule has 3 aromatic rings. The Morgan fingerprint density at radius 2 is 1.76 bits per heavy atom. The summed E-state index contributed by atoms with van der Waals surface area (Å²) in [6.45, 7) is 3.58. The van der Waals surface area contributed by atoms with E-state index in [-0.39, 0.29) is 16.7 Å². The molecule has 1 aromatic heterocycles. The molecule has 3 amide bonds. The molecule has 2 aromatic carbocycles. The van der Waals surface area contributed by atoms with Crippen LogP contribution in [-0.4, -0.2) is 28.2 Å². The van der Waals surface area contributed by atoms with Gasteiger partial charge in [0.15, 0.2) is 0 Å². The third-order valence-electron chi connectivity index (χ3n) is 4.98. The number of halogens is 4. The Morgan fingerprint density at radius 1 is 1.06 bits per heavy atom.